The lowest BCUT2D eigenvalue weighted by molar-refractivity contribution is -0.146. The van der Waals surface area contributed by atoms with E-state index >= 15 is 0 Å². The first kappa shape index (κ1) is 30.0. The van der Waals surface area contributed by atoms with Crippen LogP contribution in [0, 0.1) is 0 Å². The predicted molar refractivity (Wildman–Crippen MR) is 124 cm³/mol. The Morgan fingerprint density at radius 3 is 1.41 bits per heavy atom. The fraction of sp³-hybridized carbons (Fsp3) is 0.696. The number of benzene rings is 1. The lowest BCUT2D eigenvalue weighted by atomic mass is 10.3. The highest BCUT2D eigenvalue weighted by Gasteiger charge is 2.00. The monoisotopic (exact) mass is 489 g/mol. The quantitative estimate of drug-likeness (QED) is 0.127. The molecule has 0 fully saturated rings. The highest BCUT2D eigenvalue weighted by molar-refractivity contribution is 5.70. The van der Waals surface area contributed by atoms with Crippen molar-refractivity contribution < 1.29 is 47.4 Å². The van der Waals surface area contributed by atoms with Crippen LogP contribution in [0.25, 0.3) is 0 Å². The Hall–Kier alpha value is -1.99. The van der Waals surface area contributed by atoms with Crippen molar-refractivity contribution in [3.05, 3.63) is 24.3 Å². The third-order valence-electron chi connectivity index (χ3n) is 4.08. The molecule has 0 saturated heterocycles. The number of para-hydroxylation sites is 2. The lowest BCUT2D eigenvalue weighted by Crippen LogP contribution is -2.16. The van der Waals surface area contributed by atoms with Crippen molar-refractivity contribution in [3.8, 4) is 5.75 Å². The molecule has 0 saturated carbocycles. The second kappa shape index (κ2) is 22.8. The van der Waals surface area contributed by atoms with Crippen molar-refractivity contribution in [1.82, 2.24) is 0 Å². The molecule has 0 aromatic heterocycles. The first-order valence-electron chi connectivity index (χ1n) is 11.3. The van der Waals surface area contributed by atoms with Gasteiger partial charge in [-0.2, -0.15) is 0 Å². The molecule has 1 aromatic rings. The van der Waals surface area contributed by atoms with E-state index in [-0.39, 0.29) is 6.61 Å². The first-order valence-corrected chi connectivity index (χ1v) is 11.3. The molecule has 196 valence electrons. The third-order valence-corrected chi connectivity index (χ3v) is 4.08. The Kier molecular flexibility index (Phi) is 20.1. The fourth-order valence-corrected chi connectivity index (χ4v) is 2.36. The van der Waals surface area contributed by atoms with Crippen LogP contribution < -0.4 is 10.5 Å². The van der Waals surface area contributed by atoms with Gasteiger partial charge in [-0.15, -0.1) is 0 Å². The summed E-state index contributed by atoms with van der Waals surface area (Å²) >= 11 is 0. The van der Waals surface area contributed by atoms with Crippen LogP contribution in [-0.4, -0.2) is 112 Å². The summed E-state index contributed by atoms with van der Waals surface area (Å²) in [5, 5.41) is 0. The smallest absolute Gasteiger partial charge is 0.331 e. The van der Waals surface area contributed by atoms with Gasteiger partial charge in [-0.25, -0.2) is 4.79 Å². The zero-order valence-electron chi connectivity index (χ0n) is 20.1. The summed E-state index contributed by atoms with van der Waals surface area (Å²) in [5.74, 6) is 0.259. The number of ether oxygens (including phenoxy) is 9. The van der Waals surface area contributed by atoms with Gasteiger partial charge in [0, 0.05) is 0 Å². The molecule has 11 nitrogen and oxygen atoms in total. The molecule has 0 unspecified atom stereocenters. The van der Waals surface area contributed by atoms with E-state index in [1.807, 2.05) is 18.2 Å². The van der Waals surface area contributed by atoms with Crippen molar-refractivity contribution in [2.24, 2.45) is 0 Å². The van der Waals surface area contributed by atoms with Crippen LogP contribution in [-0.2, 0) is 42.7 Å². The molecular formula is C23H39NO10. The van der Waals surface area contributed by atoms with Gasteiger partial charge in [0.1, 0.15) is 19.0 Å². The lowest BCUT2D eigenvalue weighted by Gasteiger charge is -2.09. The van der Waals surface area contributed by atoms with Crippen molar-refractivity contribution >= 4 is 11.7 Å². The molecule has 11 heteroatoms. The van der Waals surface area contributed by atoms with Gasteiger partial charge < -0.3 is 48.4 Å². The Balaban J connectivity index is 1.68. The van der Waals surface area contributed by atoms with Gasteiger partial charge in [-0.3, -0.25) is 0 Å². The molecule has 0 bridgehead atoms. The minimum atomic E-state index is -0.406. The number of rotatable bonds is 24. The highest BCUT2D eigenvalue weighted by atomic mass is 16.6. The SMILES string of the molecule is COC(=O)COCCOCCOCCOCCOCCOCCOCCOc1ccccc1N. The van der Waals surface area contributed by atoms with Crippen LogP contribution in [0.15, 0.2) is 24.3 Å². The van der Waals surface area contributed by atoms with Crippen molar-refractivity contribution in [2.75, 3.05) is 112 Å². The normalized spacial score (nSPS) is 11.0. The van der Waals surface area contributed by atoms with Gasteiger partial charge in [-0.1, -0.05) is 12.1 Å². The standard InChI is InChI=1S/C23H39NO10/c1-26-23(25)20-33-17-16-31-13-12-29-9-8-27-6-7-28-10-11-30-14-15-32-18-19-34-22-5-3-2-4-21(22)24/h2-5H,6-20,24H2,1H3. The van der Waals surface area contributed by atoms with Crippen LogP contribution >= 0.6 is 0 Å². The number of methoxy groups -OCH3 is 1. The molecule has 1 aromatic carbocycles. The van der Waals surface area contributed by atoms with Crippen LogP contribution in [0.2, 0.25) is 0 Å². The summed E-state index contributed by atoms with van der Waals surface area (Å²) in [6.07, 6.45) is 0. The second-order valence-corrected chi connectivity index (χ2v) is 6.69. The minimum Gasteiger partial charge on any atom is -0.489 e. The van der Waals surface area contributed by atoms with E-state index < -0.39 is 5.97 Å². The van der Waals surface area contributed by atoms with Crippen molar-refractivity contribution in [1.29, 1.82) is 0 Å². The number of carbonyl (C=O) groups is 1. The molecule has 0 radical (unpaired) electrons. The molecule has 2 N–H and O–H groups in total. The summed E-state index contributed by atoms with van der Waals surface area (Å²) in [7, 11) is 1.31. The summed E-state index contributed by atoms with van der Waals surface area (Å²) in [4.78, 5) is 10.8. The Morgan fingerprint density at radius 1 is 0.618 bits per heavy atom. The Morgan fingerprint density at radius 2 is 1.00 bits per heavy atom. The van der Waals surface area contributed by atoms with Crippen LogP contribution in [0.4, 0.5) is 5.69 Å². The van der Waals surface area contributed by atoms with E-state index in [0.29, 0.717) is 104 Å². The van der Waals surface area contributed by atoms with Crippen LogP contribution in [0.1, 0.15) is 0 Å². The molecule has 0 spiro atoms. The van der Waals surface area contributed by atoms with Gasteiger partial charge in [0.2, 0.25) is 0 Å². The minimum absolute atomic E-state index is 0.0672. The van der Waals surface area contributed by atoms with Gasteiger partial charge in [0.25, 0.3) is 0 Å². The number of hydrogen-bond acceptors (Lipinski definition) is 11. The third kappa shape index (κ3) is 18.4. The molecule has 0 aliphatic rings. The topological polar surface area (TPSA) is 126 Å². The highest BCUT2D eigenvalue weighted by Crippen LogP contribution is 2.19. The second-order valence-electron chi connectivity index (χ2n) is 6.69. The van der Waals surface area contributed by atoms with E-state index in [9.17, 15) is 4.79 Å². The van der Waals surface area contributed by atoms with Crippen LogP contribution in [0.3, 0.4) is 0 Å². The largest absolute Gasteiger partial charge is 0.489 e. The number of anilines is 1. The number of nitrogen functional groups attached to an aromatic ring is 1. The number of esters is 1. The molecule has 0 aliphatic heterocycles. The molecule has 34 heavy (non-hydrogen) atoms. The Bertz CT molecular complexity index is 605. The van der Waals surface area contributed by atoms with Crippen molar-refractivity contribution in [3.63, 3.8) is 0 Å². The number of hydrogen-bond donors (Lipinski definition) is 1. The Labute approximate surface area is 201 Å². The molecular weight excluding hydrogens is 450 g/mol. The molecule has 0 aliphatic carbocycles. The predicted octanol–water partition coefficient (Wildman–Crippen LogP) is 0.937. The zero-order chi connectivity index (χ0) is 24.5. The average molecular weight is 490 g/mol. The number of carbonyl (C=O) groups excluding carboxylic acids is 1. The van der Waals surface area contributed by atoms with Gasteiger partial charge in [-0.05, 0) is 12.1 Å². The molecule has 0 heterocycles. The van der Waals surface area contributed by atoms with E-state index in [1.165, 1.54) is 7.11 Å². The van der Waals surface area contributed by atoms with Crippen LogP contribution in [0.5, 0.6) is 5.75 Å². The van der Waals surface area contributed by atoms with E-state index in [1.54, 1.807) is 6.07 Å². The summed E-state index contributed by atoms with van der Waals surface area (Å²) in [6.45, 7) is 6.41. The zero-order valence-corrected chi connectivity index (χ0v) is 20.1. The molecule has 0 amide bonds. The van der Waals surface area contributed by atoms with Crippen molar-refractivity contribution in [2.45, 2.75) is 0 Å². The average Bonchev–Trinajstić information content (AvgIpc) is 2.85. The van der Waals surface area contributed by atoms with Gasteiger partial charge in [0.05, 0.1) is 98.7 Å². The van der Waals surface area contributed by atoms with E-state index in [2.05, 4.69) is 4.74 Å². The maximum atomic E-state index is 10.8. The number of nitrogens with two attached hydrogens (primary N) is 1. The summed E-state index contributed by atoms with van der Waals surface area (Å²) < 4.78 is 47.4. The fourth-order valence-electron chi connectivity index (χ4n) is 2.36. The molecule has 0 atom stereocenters. The summed E-state index contributed by atoms with van der Waals surface area (Å²) in [5.41, 5.74) is 6.41. The molecule has 1 rings (SSSR count). The summed E-state index contributed by atoms with van der Waals surface area (Å²) in [6, 6.07) is 7.36. The maximum Gasteiger partial charge on any atom is 0.331 e. The van der Waals surface area contributed by atoms with Gasteiger partial charge in [0.15, 0.2) is 0 Å². The van der Waals surface area contributed by atoms with E-state index in [0.717, 1.165) is 0 Å². The van der Waals surface area contributed by atoms with Gasteiger partial charge >= 0.3 is 5.97 Å². The first-order chi connectivity index (χ1) is 16.7. The van der Waals surface area contributed by atoms with E-state index in [4.69, 9.17) is 43.6 Å². The maximum absolute atomic E-state index is 10.8.